The number of nitrogens with one attached hydrogen (secondary N) is 1. The molecule has 1 aromatic heterocycles. The molecule has 1 amide bonds. The Hall–Kier alpha value is -2.99. The van der Waals surface area contributed by atoms with Gasteiger partial charge >= 0.3 is 6.01 Å². The molecule has 172 valence electrons. The van der Waals surface area contributed by atoms with Gasteiger partial charge in [-0.1, -0.05) is 24.3 Å². The lowest BCUT2D eigenvalue weighted by atomic mass is 10.1. The van der Waals surface area contributed by atoms with Gasteiger partial charge < -0.3 is 36.0 Å². The molecule has 0 atom stereocenters. The van der Waals surface area contributed by atoms with Crippen LogP contribution in [-0.4, -0.2) is 68.3 Å². The number of aromatic nitrogens is 2. The van der Waals surface area contributed by atoms with Gasteiger partial charge in [0.25, 0.3) is 5.97 Å². The average molecular weight is 444 g/mol. The van der Waals surface area contributed by atoms with Crippen molar-refractivity contribution in [3.63, 3.8) is 0 Å². The Kier molecular flexibility index (Phi) is 6.42. The van der Waals surface area contributed by atoms with Crippen molar-refractivity contribution >= 4 is 23.2 Å². The van der Waals surface area contributed by atoms with E-state index in [1.54, 1.807) is 4.90 Å². The maximum absolute atomic E-state index is 12.3. The van der Waals surface area contributed by atoms with Crippen LogP contribution < -0.4 is 20.7 Å². The molecule has 4 rings (SSSR count). The monoisotopic (exact) mass is 444 g/mol. The zero-order chi connectivity index (χ0) is 22.7. The number of anilines is 3. The highest BCUT2D eigenvalue weighted by Crippen LogP contribution is 2.34. The Morgan fingerprint density at radius 2 is 1.84 bits per heavy atom. The van der Waals surface area contributed by atoms with Crippen molar-refractivity contribution in [2.45, 2.75) is 38.3 Å². The third kappa shape index (κ3) is 5.62. The van der Waals surface area contributed by atoms with Crippen LogP contribution in [0, 0.1) is 0 Å². The summed E-state index contributed by atoms with van der Waals surface area (Å²) in [5.74, 6) is -2.62. The second kappa shape index (κ2) is 9.25. The molecule has 11 heteroatoms. The predicted molar refractivity (Wildman–Crippen MR) is 117 cm³/mol. The van der Waals surface area contributed by atoms with E-state index in [9.17, 15) is 4.79 Å². The Morgan fingerprint density at radius 3 is 2.56 bits per heavy atom. The molecule has 1 aromatic carbocycles. The molecule has 2 aliphatic heterocycles. The summed E-state index contributed by atoms with van der Waals surface area (Å²) in [7, 11) is 0. The summed E-state index contributed by atoms with van der Waals surface area (Å²) in [5.41, 5.74) is 8.57. The van der Waals surface area contributed by atoms with Crippen molar-refractivity contribution in [1.82, 2.24) is 14.9 Å². The van der Waals surface area contributed by atoms with E-state index in [0.717, 1.165) is 25.2 Å². The highest BCUT2D eigenvalue weighted by atomic mass is 16.7. The Bertz CT molecular complexity index is 974. The minimum atomic E-state index is -2.85. The largest absolute Gasteiger partial charge is 0.463 e. The number of hydrogen-bond acceptors (Lipinski definition) is 10. The van der Waals surface area contributed by atoms with E-state index in [0.29, 0.717) is 18.1 Å². The molecule has 0 aliphatic carbocycles. The third-order valence-electron chi connectivity index (χ3n) is 5.43. The Morgan fingerprint density at radius 1 is 1.12 bits per heavy atom. The summed E-state index contributed by atoms with van der Waals surface area (Å²) in [4.78, 5) is 24.8. The molecular formula is C21H28N6O5. The summed E-state index contributed by atoms with van der Waals surface area (Å²) in [6.45, 7) is 3.43. The smallest absolute Gasteiger partial charge is 0.320 e. The molecule has 11 nitrogen and oxygen atoms in total. The van der Waals surface area contributed by atoms with Gasteiger partial charge in [0.15, 0.2) is 11.6 Å². The molecule has 2 aromatic rings. The number of aliphatic hydroxyl groups is 3. The summed E-state index contributed by atoms with van der Waals surface area (Å²) in [5, 5.41) is 29.7. The van der Waals surface area contributed by atoms with E-state index < -0.39 is 12.4 Å². The van der Waals surface area contributed by atoms with E-state index in [4.69, 9.17) is 25.8 Å². The van der Waals surface area contributed by atoms with Gasteiger partial charge in [-0.05, 0) is 37.1 Å². The molecule has 1 saturated heterocycles. The van der Waals surface area contributed by atoms with Crippen molar-refractivity contribution < 1.29 is 24.9 Å². The van der Waals surface area contributed by atoms with Gasteiger partial charge in [0.05, 0.1) is 19.6 Å². The SMILES string of the molecule is Nc1nc(OCCC(O)(O)O)nc2c1NC(=O)CN2Cc1cccc(CN2CCCC2)c1. The number of hydrogen-bond donors (Lipinski definition) is 5. The minimum Gasteiger partial charge on any atom is -0.463 e. The highest BCUT2D eigenvalue weighted by Gasteiger charge is 2.28. The average Bonchev–Trinajstić information content (AvgIpc) is 3.21. The summed E-state index contributed by atoms with van der Waals surface area (Å²) >= 11 is 0. The van der Waals surface area contributed by atoms with Crippen LogP contribution in [0.15, 0.2) is 24.3 Å². The van der Waals surface area contributed by atoms with Crippen molar-refractivity contribution in [2.75, 3.05) is 42.2 Å². The number of nitrogens with two attached hydrogens (primary N) is 1. The number of fused-ring (bicyclic) bond motifs is 1. The van der Waals surface area contributed by atoms with Crippen LogP contribution in [0.1, 0.15) is 30.4 Å². The number of ether oxygens (including phenoxy) is 1. The van der Waals surface area contributed by atoms with Gasteiger partial charge in [-0.25, -0.2) is 0 Å². The zero-order valence-corrected chi connectivity index (χ0v) is 17.7. The van der Waals surface area contributed by atoms with E-state index in [2.05, 4.69) is 32.3 Å². The molecule has 32 heavy (non-hydrogen) atoms. The maximum atomic E-state index is 12.3. The second-order valence-corrected chi connectivity index (χ2v) is 8.17. The molecule has 0 saturated carbocycles. The number of carbonyl (C=O) groups excluding carboxylic acids is 1. The van der Waals surface area contributed by atoms with Crippen LogP contribution >= 0.6 is 0 Å². The molecule has 2 aliphatic rings. The van der Waals surface area contributed by atoms with Crippen LogP contribution in [0.25, 0.3) is 0 Å². The van der Waals surface area contributed by atoms with E-state index >= 15 is 0 Å². The van der Waals surface area contributed by atoms with Gasteiger partial charge in [-0.2, -0.15) is 9.97 Å². The Labute approximate surface area is 185 Å². The van der Waals surface area contributed by atoms with Crippen LogP contribution in [0.2, 0.25) is 0 Å². The van der Waals surface area contributed by atoms with Gasteiger partial charge in [0.1, 0.15) is 5.69 Å². The fourth-order valence-corrected chi connectivity index (χ4v) is 3.94. The van der Waals surface area contributed by atoms with Crippen molar-refractivity contribution in [1.29, 1.82) is 0 Å². The van der Waals surface area contributed by atoms with Crippen molar-refractivity contribution in [3.8, 4) is 6.01 Å². The number of likely N-dealkylation sites (tertiary alicyclic amines) is 1. The van der Waals surface area contributed by atoms with Crippen LogP contribution in [0.5, 0.6) is 6.01 Å². The van der Waals surface area contributed by atoms with Gasteiger partial charge in [0, 0.05) is 13.1 Å². The minimum absolute atomic E-state index is 0.0362. The lowest BCUT2D eigenvalue weighted by Crippen LogP contribution is -2.39. The lowest BCUT2D eigenvalue weighted by Gasteiger charge is -2.30. The third-order valence-corrected chi connectivity index (χ3v) is 5.43. The first-order valence-electron chi connectivity index (χ1n) is 10.6. The fourth-order valence-electron chi connectivity index (χ4n) is 3.94. The predicted octanol–water partition coefficient (Wildman–Crippen LogP) is 0.0129. The first kappa shape index (κ1) is 22.2. The van der Waals surface area contributed by atoms with E-state index in [-0.39, 0.29) is 30.9 Å². The van der Waals surface area contributed by atoms with Crippen LogP contribution in [-0.2, 0) is 17.9 Å². The topological polar surface area (TPSA) is 157 Å². The van der Waals surface area contributed by atoms with Gasteiger partial charge in [0.2, 0.25) is 5.91 Å². The maximum Gasteiger partial charge on any atom is 0.320 e. The number of amides is 1. The van der Waals surface area contributed by atoms with Gasteiger partial charge in [-0.15, -0.1) is 0 Å². The zero-order valence-electron chi connectivity index (χ0n) is 17.7. The normalized spacial score (nSPS) is 16.7. The fraction of sp³-hybridized carbons (Fsp3) is 0.476. The van der Waals surface area contributed by atoms with Crippen molar-refractivity contribution in [2.24, 2.45) is 0 Å². The van der Waals surface area contributed by atoms with Gasteiger partial charge in [-0.3, -0.25) is 9.69 Å². The number of benzene rings is 1. The first-order chi connectivity index (χ1) is 15.3. The number of nitrogens with zero attached hydrogens (tertiary/aromatic N) is 4. The van der Waals surface area contributed by atoms with E-state index in [1.165, 1.54) is 18.4 Å². The molecule has 3 heterocycles. The second-order valence-electron chi connectivity index (χ2n) is 8.17. The number of carbonyl (C=O) groups is 1. The first-order valence-corrected chi connectivity index (χ1v) is 10.6. The molecule has 0 radical (unpaired) electrons. The highest BCUT2D eigenvalue weighted by molar-refractivity contribution is 6.03. The quantitative estimate of drug-likeness (QED) is 0.351. The summed E-state index contributed by atoms with van der Waals surface area (Å²) < 4.78 is 5.32. The molecule has 1 fully saturated rings. The van der Waals surface area contributed by atoms with Crippen molar-refractivity contribution in [3.05, 3.63) is 35.4 Å². The molecule has 0 spiro atoms. The Balaban J connectivity index is 1.52. The summed E-state index contributed by atoms with van der Waals surface area (Å²) in [6, 6.07) is 8.17. The number of nitrogen functional groups attached to an aromatic ring is 1. The van der Waals surface area contributed by atoms with E-state index in [1.807, 2.05) is 12.1 Å². The molecular weight excluding hydrogens is 416 g/mol. The van der Waals surface area contributed by atoms with Crippen LogP contribution in [0.4, 0.5) is 17.3 Å². The van der Waals surface area contributed by atoms with Crippen LogP contribution in [0.3, 0.4) is 0 Å². The lowest BCUT2D eigenvalue weighted by molar-refractivity contribution is -0.316. The molecule has 0 bridgehead atoms. The summed E-state index contributed by atoms with van der Waals surface area (Å²) in [6.07, 6.45) is 2.01. The molecule has 6 N–H and O–H groups in total. The molecule has 0 unspecified atom stereocenters. The standard InChI is InChI=1S/C21H28N6O5/c22-18-17-19(25-20(24-18)32-9-6-21(29,30)31)27(13-16(28)23-17)12-15-5-3-4-14(10-15)11-26-7-1-2-8-26/h3-5,10,29-31H,1-2,6-9,11-13H2,(H,23,28)(H2,22,24,25). The number of rotatable bonds is 8.